The van der Waals surface area contributed by atoms with Crippen LogP contribution in [0.4, 0.5) is 0 Å². The summed E-state index contributed by atoms with van der Waals surface area (Å²) in [5.41, 5.74) is 1.22. The first kappa shape index (κ1) is 23.5. The van der Waals surface area contributed by atoms with Crippen molar-refractivity contribution in [3.8, 4) is 0 Å². The largest absolute Gasteiger partial charge is 0.381 e. The second kappa shape index (κ2) is 12.1. The van der Waals surface area contributed by atoms with E-state index >= 15 is 0 Å². The molecule has 7 heteroatoms. The summed E-state index contributed by atoms with van der Waals surface area (Å²) in [7, 11) is 0. The van der Waals surface area contributed by atoms with Crippen LogP contribution >= 0.6 is 0 Å². The molecule has 0 aromatic heterocycles. The Labute approximate surface area is 187 Å². The highest BCUT2D eigenvalue weighted by molar-refractivity contribution is 5.80. The van der Waals surface area contributed by atoms with Gasteiger partial charge in [0.2, 0.25) is 5.91 Å². The van der Waals surface area contributed by atoms with Crippen LogP contribution in [-0.2, 0) is 9.53 Å². The number of nitrogens with one attached hydrogen (secondary N) is 3. The molecule has 0 radical (unpaired) electrons. The fourth-order valence-corrected chi connectivity index (χ4v) is 4.38. The summed E-state index contributed by atoms with van der Waals surface area (Å²) < 4.78 is 5.65. The molecule has 3 rings (SSSR count). The van der Waals surface area contributed by atoms with Crippen LogP contribution in [0.5, 0.6) is 0 Å². The zero-order valence-electron chi connectivity index (χ0n) is 19.2. The lowest BCUT2D eigenvalue weighted by atomic mass is 9.88. The lowest BCUT2D eigenvalue weighted by molar-refractivity contribution is -0.127. The van der Waals surface area contributed by atoms with Gasteiger partial charge in [-0.3, -0.25) is 9.79 Å². The summed E-state index contributed by atoms with van der Waals surface area (Å²) in [5.74, 6) is 1.14. The Hall–Kier alpha value is -2.12. The molecular formula is C24H39N5O2. The van der Waals surface area contributed by atoms with E-state index in [4.69, 9.17) is 9.73 Å². The molecule has 1 aromatic rings. The molecule has 2 aliphatic rings. The molecular weight excluding hydrogens is 390 g/mol. The second-order valence-corrected chi connectivity index (χ2v) is 8.63. The topological polar surface area (TPSA) is 78.0 Å². The van der Waals surface area contributed by atoms with E-state index in [-0.39, 0.29) is 11.6 Å². The normalized spacial score (nSPS) is 20.0. The molecule has 0 saturated carbocycles. The van der Waals surface area contributed by atoms with Crippen LogP contribution in [0.3, 0.4) is 0 Å². The van der Waals surface area contributed by atoms with E-state index < -0.39 is 0 Å². The van der Waals surface area contributed by atoms with Crippen LogP contribution < -0.4 is 16.0 Å². The Balaban J connectivity index is 1.56. The van der Waals surface area contributed by atoms with Gasteiger partial charge in [0.15, 0.2) is 5.96 Å². The molecule has 7 nitrogen and oxygen atoms in total. The minimum Gasteiger partial charge on any atom is -0.381 e. The molecule has 0 spiro atoms. The molecule has 2 heterocycles. The van der Waals surface area contributed by atoms with Crippen molar-refractivity contribution in [2.75, 3.05) is 45.9 Å². The van der Waals surface area contributed by atoms with Crippen molar-refractivity contribution in [3.63, 3.8) is 0 Å². The van der Waals surface area contributed by atoms with Crippen molar-refractivity contribution in [3.05, 3.63) is 35.9 Å². The molecule has 2 aliphatic heterocycles. The number of benzene rings is 1. The third kappa shape index (κ3) is 7.21. The van der Waals surface area contributed by atoms with E-state index in [1.54, 1.807) is 0 Å². The number of carbonyl (C=O) groups excluding carboxylic acids is 1. The summed E-state index contributed by atoms with van der Waals surface area (Å²) in [6, 6.07) is 10.8. The van der Waals surface area contributed by atoms with Gasteiger partial charge in [0.05, 0.1) is 6.54 Å². The van der Waals surface area contributed by atoms with Crippen molar-refractivity contribution in [2.24, 2.45) is 4.99 Å². The number of guanidine groups is 1. The third-order valence-corrected chi connectivity index (χ3v) is 6.22. The number of amides is 1. The molecule has 0 bridgehead atoms. The maximum Gasteiger partial charge on any atom is 0.222 e. The quantitative estimate of drug-likeness (QED) is 0.303. The van der Waals surface area contributed by atoms with E-state index in [9.17, 15) is 4.79 Å². The van der Waals surface area contributed by atoms with Gasteiger partial charge in [-0.05, 0) is 45.1 Å². The first-order valence-electron chi connectivity index (χ1n) is 11.8. The zero-order chi connectivity index (χ0) is 21.9. The number of nitrogens with zero attached hydrogens (tertiary/aromatic N) is 2. The maximum absolute atomic E-state index is 11.8. The highest BCUT2D eigenvalue weighted by Crippen LogP contribution is 2.26. The molecule has 1 unspecified atom stereocenters. The molecule has 1 aromatic carbocycles. The minimum absolute atomic E-state index is 0.0716. The highest BCUT2D eigenvalue weighted by atomic mass is 16.5. The fraction of sp³-hybridized carbons (Fsp3) is 0.667. The van der Waals surface area contributed by atoms with Gasteiger partial charge in [-0.2, -0.15) is 0 Å². The summed E-state index contributed by atoms with van der Waals surface area (Å²) in [5, 5.41) is 10.7. The molecule has 0 aliphatic carbocycles. The average Bonchev–Trinajstić information content (AvgIpc) is 3.21. The number of ether oxygens (including phenoxy) is 1. The van der Waals surface area contributed by atoms with Gasteiger partial charge in [0, 0.05) is 57.4 Å². The number of rotatable bonds is 10. The molecule has 2 fully saturated rings. The summed E-state index contributed by atoms with van der Waals surface area (Å²) >= 11 is 0. The number of hydrogen-bond donors (Lipinski definition) is 3. The van der Waals surface area contributed by atoms with Crippen molar-refractivity contribution >= 4 is 11.9 Å². The fourth-order valence-electron chi connectivity index (χ4n) is 4.38. The minimum atomic E-state index is -0.0716. The Morgan fingerprint density at radius 2 is 2.00 bits per heavy atom. The van der Waals surface area contributed by atoms with E-state index in [0.29, 0.717) is 18.9 Å². The first-order valence-corrected chi connectivity index (χ1v) is 11.8. The van der Waals surface area contributed by atoms with Crippen LogP contribution in [0, 0.1) is 0 Å². The third-order valence-electron chi connectivity index (χ3n) is 6.22. The molecule has 31 heavy (non-hydrogen) atoms. The molecule has 1 atom stereocenters. The van der Waals surface area contributed by atoms with Crippen molar-refractivity contribution in [1.29, 1.82) is 0 Å². The van der Waals surface area contributed by atoms with Crippen LogP contribution in [0.1, 0.15) is 57.6 Å². The number of carbonyl (C=O) groups is 1. The summed E-state index contributed by atoms with van der Waals surface area (Å²) in [6.45, 7) is 9.88. The number of aliphatic imine (C=N–C) groups is 1. The maximum atomic E-state index is 11.8. The van der Waals surface area contributed by atoms with E-state index in [1.165, 1.54) is 5.56 Å². The van der Waals surface area contributed by atoms with E-state index in [0.717, 1.165) is 71.0 Å². The van der Waals surface area contributed by atoms with Crippen molar-refractivity contribution in [2.45, 2.75) is 57.5 Å². The van der Waals surface area contributed by atoms with Gasteiger partial charge in [-0.15, -0.1) is 0 Å². The Kier molecular flexibility index (Phi) is 9.15. The predicted molar refractivity (Wildman–Crippen MR) is 125 cm³/mol. The summed E-state index contributed by atoms with van der Waals surface area (Å²) in [4.78, 5) is 18.7. The van der Waals surface area contributed by atoms with Gasteiger partial charge in [-0.25, -0.2) is 0 Å². The molecule has 1 amide bonds. The van der Waals surface area contributed by atoms with Crippen molar-refractivity contribution < 1.29 is 9.53 Å². The van der Waals surface area contributed by atoms with Crippen LogP contribution in [0.15, 0.2) is 35.3 Å². The molecule has 172 valence electrons. The lowest BCUT2D eigenvalue weighted by Gasteiger charge is -2.39. The first-order chi connectivity index (χ1) is 15.1. The lowest BCUT2D eigenvalue weighted by Crippen LogP contribution is -2.53. The monoisotopic (exact) mass is 429 g/mol. The van der Waals surface area contributed by atoms with Gasteiger partial charge in [0.25, 0.3) is 0 Å². The SMILES string of the molecule is CCNC(=NCC1(NC(C)c2ccccc2)CCOCC1)NCCCN1CCCC1=O. The number of hydrogen-bond acceptors (Lipinski definition) is 4. The zero-order valence-corrected chi connectivity index (χ0v) is 19.2. The van der Waals surface area contributed by atoms with E-state index in [2.05, 4.69) is 60.1 Å². The van der Waals surface area contributed by atoms with Crippen LogP contribution in [0.2, 0.25) is 0 Å². The standard InChI is InChI=1S/C24H39N5O2/c1-3-25-23(26-14-8-16-29-15-7-11-22(29)30)27-19-24(12-17-31-18-13-24)28-20(2)21-9-5-4-6-10-21/h4-6,9-10,20,28H,3,7-8,11-19H2,1-2H3,(H2,25,26,27). The number of likely N-dealkylation sites (tertiary alicyclic amines) is 1. The Morgan fingerprint density at radius 3 is 2.68 bits per heavy atom. The molecule has 2 saturated heterocycles. The van der Waals surface area contributed by atoms with Gasteiger partial charge < -0.3 is 25.6 Å². The van der Waals surface area contributed by atoms with Crippen LogP contribution in [0.25, 0.3) is 0 Å². The predicted octanol–water partition coefficient (Wildman–Crippen LogP) is 2.45. The van der Waals surface area contributed by atoms with Crippen molar-refractivity contribution in [1.82, 2.24) is 20.9 Å². The Morgan fingerprint density at radius 1 is 1.23 bits per heavy atom. The highest BCUT2D eigenvalue weighted by Gasteiger charge is 2.34. The van der Waals surface area contributed by atoms with Gasteiger partial charge in [-0.1, -0.05) is 30.3 Å². The van der Waals surface area contributed by atoms with E-state index in [1.807, 2.05) is 4.90 Å². The van der Waals surface area contributed by atoms with Gasteiger partial charge in [0.1, 0.15) is 0 Å². The van der Waals surface area contributed by atoms with Crippen LogP contribution in [-0.4, -0.2) is 68.2 Å². The smallest absolute Gasteiger partial charge is 0.222 e. The Bertz CT molecular complexity index is 703. The summed E-state index contributed by atoms with van der Waals surface area (Å²) in [6.07, 6.45) is 4.53. The second-order valence-electron chi connectivity index (χ2n) is 8.63. The molecule has 3 N–H and O–H groups in total. The van der Waals surface area contributed by atoms with Gasteiger partial charge >= 0.3 is 0 Å². The average molecular weight is 430 g/mol.